The van der Waals surface area contributed by atoms with E-state index in [9.17, 15) is 14.4 Å². The lowest BCUT2D eigenvalue weighted by Crippen LogP contribution is -2.17. The summed E-state index contributed by atoms with van der Waals surface area (Å²) in [5.41, 5.74) is 3.50. The molecule has 1 heterocycles. The van der Waals surface area contributed by atoms with Crippen molar-refractivity contribution >= 4 is 41.0 Å². The molecule has 0 fully saturated rings. The molecule has 0 radical (unpaired) electrons. The highest BCUT2D eigenvalue weighted by Crippen LogP contribution is 2.19. The van der Waals surface area contributed by atoms with Crippen LogP contribution in [0, 0.1) is 0 Å². The van der Waals surface area contributed by atoms with Crippen molar-refractivity contribution < 1.29 is 19.4 Å². The minimum absolute atomic E-state index is 0.112. The fourth-order valence-electron chi connectivity index (χ4n) is 2.56. The number of benzene rings is 2. The number of thiazole rings is 1. The average Bonchev–Trinajstić information content (AvgIpc) is 3.01. The van der Waals surface area contributed by atoms with Gasteiger partial charge in [0, 0.05) is 5.56 Å². The highest BCUT2D eigenvalue weighted by molar-refractivity contribution is 7.11. The first-order chi connectivity index (χ1) is 14.4. The normalized spacial score (nSPS) is 10.9. The Morgan fingerprint density at radius 3 is 2.63 bits per heavy atom. The van der Waals surface area contributed by atoms with E-state index in [-0.39, 0.29) is 22.1 Å². The van der Waals surface area contributed by atoms with Crippen LogP contribution in [0.5, 0.6) is 5.75 Å². The summed E-state index contributed by atoms with van der Waals surface area (Å²) in [5.74, 6) is -0.856. The number of hydrogen-bond donors (Lipinski definition) is 2. The van der Waals surface area contributed by atoms with Crippen molar-refractivity contribution in [3.8, 4) is 5.75 Å². The lowest BCUT2D eigenvalue weighted by atomic mass is 10.1. The highest BCUT2D eigenvalue weighted by atomic mass is 35.5. The van der Waals surface area contributed by atoms with E-state index in [4.69, 9.17) is 21.4 Å². The Morgan fingerprint density at radius 1 is 1.23 bits per heavy atom. The van der Waals surface area contributed by atoms with Crippen LogP contribution in [-0.4, -0.2) is 34.9 Å². The average molecular weight is 446 g/mol. The lowest BCUT2D eigenvalue weighted by Gasteiger charge is -2.05. The van der Waals surface area contributed by atoms with Crippen LogP contribution in [0.25, 0.3) is 0 Å². The molecule has 2 aromatic carbocycles. The summed E-state index contributed by atoms with van der Waals surface area (Å²) >= 11 is 7.15. The third kappa shape index (κ3) is 4.94. The SMILES string of the molecule is COc1ccc(C(=O)NN=Cc2sc(=O)n(Cc3cccc(C(=O)O)c3)c2Cl)cc1. The molecule has 0 atom stereocenters. The summed E-state index contributed by atoms with van der Waals surface area (Å²) in [6.45, 7) is 0.112. The molecule has 0 unspecified atom stereocenters. The number of carboxylic acids is 1. The summed E-state index contributed by atoms with van der Waals surface area (Å²) in [6.07, 6.45) is 1.29. The van der Waals surface area contributed by atoms with Crippen LogP contribution >= 0.6 is 22.9 Å². The van der Waals surface area contributed by atoms with E-state index in [0.29, 0.717) is 21.8 Å². The summed E-state index contributed by atoms with van der Waals surface area (Å²) in [6, 6.07) is 12.7. The Bertz CT molecular complexity index is 1170. The van der Waals surface area contributed by atoms with Crippen molar-refractivity contribution in [2.75, 3.05) is 7.11 Å². The number of ether oxygens (including phenoxy) is 1. The molecule has 0 saturated heterocycles. The monoisotopic (exact) mass is 445 g/mol. The Morgan fingerprint density at radius 2 is 1.97 bits per heavy atom. The molecule has 8 nitrogen and oxygen atoms in total. The number of halogens is 1. The second-order valence-electron chi connectivity index (χ2n) is 6.04. The van der Waals surface area contributed by atoms with Gasteiger partial charge in [-0.2, -0.15) is 5.10 Å². The van der Waals surface area contributed by atoms with E-state index < -0.39 is 11.9 Å². The predicted octanol–water partition coefficient (Wildman–Crippen LogP) is 3.08. The van der Waals surface area contributed by atoms with Crippen LogP contribution in [0.3, 0.4) is 0 Å². The van der Waals surface area contributed by atoms with Crippen molar-refractivity contribution in [1.29, 1.82) is 0 Å². The van der Waals surface area contributed by atoms with Crippen molar-refractivity contribution in [1.82, 2.24) is 9.99 Å². The minimum Gasteiger partial charge on any atom is -0.497 e. The number of rotatable bonds is 7. The number of methoxy groups -OCH3 is 1. The molecule has 10 heteroatoms. The zero-order chi connectivity index (χ0) is 21.7. The van der Waals surface area contributed by atoms with Crippen LogP contribution in [-0.2, 0) is 6.54 Å². The number of carbonyl (C=O) groups excluding carboxylic acids is 1. The van der Waals surface area contributed by atoms with Gasteiger partial charge in [-0.05, 0) is 42.0 Å². The first kappa shape index (κ1) is 21.3. The second-order valence-corrected chi connectivity index (χ2v) is 7.39. The van der Waals surface area contributed by atoms with E-state index in [1.165, 1.54) is 30.0 Å². The van der Waals surface area contributed by atoms with Crippen LogP contribution in [0.1, 0.15) is 31.2 Å². The number of nitrogens with one attached hydrogen (secondary N) is 1. The number of carboxylic acid groups (broad SMARTS) is 1. The van der Waals surface area contributed by atoms with E-state index >= 15 is 0 Å². The molecule has 0 saturated carbocycles. The van der Waals surface area contributed by atoms with Crippen LogP contribution in [0.2, 0.25) is 5.15 Å². The number of carbonyl (C=O) groups is 2. The summed E-state index contributed by atoms with van der Waals surface area (Å²) < 4.78 is 6.35. The van der Waals surface area contributed by atoms with Gasteiger partial charge in [-0.15, -0.1) is 0 Å². The fourth-order valence-corrected chi connectivity index (χ4v) is 3.66. The fraction of sp³-hybridized carbons (Fsp3) is 0.100. The van der Waals surface area contributed by atoms with Crippen LogP contribution in [0.4, 0.5) is 0 Å². The molecule has 0 aliphatic rings. The van der Waals surface area contributed by atoms with Gasteiger partial charge in [-0.3, -0.25) is 14.2 Å². The minimum atomic E-state index is -1.05. The molecule has 0 aliphatic heterocycles. The third-order valence-corrected chi connectivity index (χ3v) is 5.51. The number of aromatic carboxylic acids is 1. The predicted molar refractivity (Wildman–Crippen MR) is 114 cm³/mol. The third-order valence-electron chi connectivity index (χ3n) is 4.07. The van der Waals surface area contributed by atoms with Gasteiger partial charge in [0.15, 0.2) is 0 Å². The number of amides is 1. The van der Waals surface area contributed by atoms with Crippen molar-refractivity contribution in [2.45, 2.75) is 6.54 Å². The zero-order valence-corrected chi connectivity index (χ0v) is 17.2. The van der Waals surface area contributed by atoms with Crippen LogP contribution in [0.15, 0.2) is 58.4 Å². The number of hydrogen-bond acceptors (Lipinski definition) is 6. The van der Waals surface area contributed by atoms with Crippen molar-refractivity contribution in [3.05, 3.63) is 84.9 Å². The Kier molecular flexibility index (Phi) is 6.65. The molecule has 1 aromatic heterocycles. The summed E-state index contributed by atoms with van der Waals surface area (Å²) in [4.78, 5) is 35.5. The van der Waals surface area contributed by atoms with Crippen molar-refractivity contribution in [3.63, 3.8) is 0 Å². The molecule has 3 aromatic rings. The molecular weight excluding hydrogens is 430 g/mol. The molecule has 0 aliphatic carbocycles. The van der Waals surface area contributed by atoms with Gasteiger partial charge in [0.2, 0.25) is 0 Å². The van der Waals surface area contributed by atoms with Gasteiger partial charge in [0.05, 0.1) is 30.3 Å². The van der Waals surface area contributed by atoms with Gasteiger partial charge < -0.3 is 9.84 Å². The summed E-state index contributed by atoms with van der Waals surface area (Å²) in [5, 5.41) is 13.1. The summed E-state index contributed by atoms with van der Waals surface area (Å²) in [7, 11) is 1.53. The van der Waals surface area contributed by atoms with Gasteiger partial charge in [0.1, 0.15) is 10.9 Å². The Labute approximate surface area is 180 Å². The molecule has 3 rings (SSSR count). The molecule has 2 N–H and O–H groups in total. The van der Waals surface area contributed by atoms with Gasteiger partial charge in [-0.1, -0.05) is 35.1 Å². The van der Waals surface area contributed by atoms with Crippen molar-refractivity contribution in [2.24, 2.45) is 5.10 Å². The van der Waals surface area contributed by atoms with E-state index in [1.807, 2.05) is 0 Å². The van der Waals surface area contributed by atoms with E-state index in [0.717, 1.165) is 11.3 Å². The molecule has 154 valence electrons. The maximum atomic E-state index is 12.3. The Hall–Kier alpha value is -3.43. The first-order valence-corrected chi connectivity index (χ1v) is 9.77. The molecule has 0 spiro atoms. The first-order valence-electron chi connectivity index (χ1n) is 8.58. The van der Waals surface area contributed by atoms with Crippen LogP contribution < -0.4 is 15.0 Å². The van der Waals surface area contributed by atoms with E-state index in [2.05, 4.69) is 10.5 Å². The lowest BCUT2D eigenvalue weighted by molar-refractivity contribution is 0.0696. The zero-order valence-electron chi connectivity index (χ0n) is 15.7. The highest BCUT2D eigenvalue weighted by Gasteiger charge is 2.13. The number of hydrazone groups is 1. The Balaban J connectivity index is 1.72. The van der Waals surface area contributed by atoms with Gasteiger partial charge in [0.25, 0.3) is 5.91 Å². The van der Waals surface area contributed by atoms with Gasteiger partial charge in [-0.25, -0.2) is 10.2 Å². The standard InChI is InChI=1S/C20H16ClN3O5S/c1-29-15-7-5-13(6-8-15)18(25)23-22-10-16-17(21)24(20(28)30-16)11-12-3-2-4-14(9-12)19(26)27/h2-10H,11H2,1H3,(H,23,25)(H,26,27). The molecular formula is C20H16ClN3O5S. The number of aromatic nitrogens is 1. The number of nitrogens with zero attached hydrogens (tertiary/aromatic N) is 2. The second kappa shape index (κ2) is 9.38. The quantitative estimate of drug-likeness (QED) is 0.429. The largest absolute Gasteiger partial charge is 0.497 e. The maximum absolute atomic E-state index is 12.3. The molecule has 1 amide bonds. The van der Waals surface area contributed by atoms with Gasteiger partial charge >= 0.3 is 10.8 Å². The topological polar surface area (TPSA) is 110 Å². The smallest absolute Gasteiger partial charge is 0.335 e. The molecule has 30 heavy (non-hydrogen) atoms. The molecule has 0 bridgehead atoms. The maximum Gasteiger partial charge on any atom is 0.335 e. The van der Waals surface area contributed by atoms with E-state index in [1.54, 1.807) is 36.4 Å².